The Hall–Kier alpha value is -2.78. The molecule has 158 valence electrons. The highest BCUT2D eigenvalue weighted by Gasteiger charge is 2.22. The van der Waals surface area contributed by atoms with Gasteiger partial charge in [0.05, 0.1) is 29.2 Å². The van der Waals surface area contributed by atoms with Crippen molar-refractivity contribution in [2.45, 2.75) is 25.9 Å². The Morgan fingerprint density at radius 3 is 2.80 bits per heavy atom. The van der Waals surface area contributed by atoms with Crippen molar-refractivity contribution in [2.75, 3.05) is 32.6 Å². The summed E-state index contributed by atoms with van der Waals surface area (Å²) in [6.45, 7) is 3.15. The van der Waals surface area contributed by atoms with Gasteiger partial charge < -0.3 is 19.7 Å². The van der Waals surface area contributed by atoms with Gasteiger partial charge in [0.1, 0.15) is 34.6 Å². The quantitative estimate of drug-likeness (QED) is 0.656. The summed E-state index contributed by atoms with van der Waals surface area (Å²) < 4.78 is 25.4. The van der Waals surface area contributed by atoms with Crippen LogP contribution in [0.2, 0.25) is 0 Å². The lowest BCUT2D eigenvalue weighted by Crippen LogP contribution is -2.26. The summed E-state index contributed by atoms with van der Waals surface area (Å²) in [5, 5.41) is 4.03. The fraction of sp³-hybridized carbons (Fsp3) is 0.381. The summed E-state index contributed by atoms with van der Waals surface area (Å²) in [5.41, 5.74) is 1.42. The number of ether oxygens (including phenoxy) is 2. The Bertz CT molecular complexity index is 1080. The van der Waals surface area contributed by atoms with Crippen molar-refractivity contribution in [3.05, 3.63) is 40.8 Å². The van der Waals surface area contributed by atoms with Gasteiger partial charge in [0.15, 0.2) is 0 Å². The number of hydrogen-bond acceptors (Lipinski definition) is 7. The lowest BCUT2D eigenvalue weighted by atomic mass is 10.1. The minimum Gasteiger partial charge on any atom is -0.488 e. The van der Waals surface area contributed by atoms with Crippen LogP contribution in [-0.2, 0) is 4.74 Å². The molecule has 3 heterocycles. The molecule has 9 heteroatoms. The molecule has 30 heavy (non-hydrogen) atoms. The van der Waals surface area contributed by atoms with Gasteiger partial charge in [0.2, 0.25) is 0 Å². The van der Waals surface area contributed by atoms with Crippen LogP contribution in [0.3, 0.4) is 0 Å². The number of hydrogen-bond donors (Lipinski definition) is 1. The molecule has 1 fully saturated rings. The third-order valence-corrected chi connectivity index (χ3v) is 6.17. The number of thiophene rings is 1. The van der Waals surface area contributed by atoms with Crippen molar-refractivity contribution >= 4 is 39.0 Å². The molecule has 0 spiro atoms. The average Bonchev–Trinajstić information content (AvgIpc) is 3.07. The van der Waals surface area contributed by atoms with Crippen molar-refractivity contribution in [1.29, 1.82) is 0 Å². The molecule has 3 aromatic rings. The van der Waals surface area contributed by atoms with Gasteiger partial charge in [-0.15, -0.1) is 11.3 Å². The lowest BCUT2D eigenvalue weighted by molar-refractivity contribution is 0.0257. The highest BCUT2D eigenvalue weighted by atomic mass is 32.1. The predicted molar refractivity (Wildman–Crippen MR) is 114 cm³/mol. The fourth-order valence-electron chi connectivity index (χ4n) is 3.37. The first kappa shape index (κ1) is 20.5. The summed E-state index contributed by atoms with van der Waals surface area (Å²) in [6.07, 6.45) is 2.94. The van der Waals surface area contributed by atoms with Crippen molar-refractivity contribution in [3.63, 3.8) is 0 Å². The molecule has 4 rings (SSSR count). The molecule has 0 atom stereocenters. The first-order valence-electron chi connectivity index (χ1n) is 9.70. The highest BCUT2D eigenvalue weighted by molar-refractivity contribution is 7.20. The van der Waals surface area contributed by atoms with Crippen LogP contribution in [0.5, 0.6) is 5.75 Å². The number of carbonyl (C=O) groups excluding carboxylic acids is 1. The molecule has 7 nitrogen and oxygen atoms in total. The van der Waals surface area contributed by atoms with Gasteiger partial charge in [-0.05, 0) is 24.6 Å². The number of amides is 1. The number of fused-ring (bicyclic) bond motifs is 1. The second-order valence-corrected chi connectivity index (χ2v) is 8.35. The Kier molecular flexibility index (Phi) is 5.83. The first-order valence-corrected chi connectivity index (χ1v) is 10.5. The van der Waals surface area contributed by atoms with E-state index in [0.717, 1.165) is 23.8 Å². The number of rotatable bonds is 5. The number of carbonyl (C=O) groups is 1. The second kappa shape index (κ2) is 8.53. The van der Waals surface area contributed by atoms with Crippen LogP contribution in [-0.4, -0.2) is 54.2 Å². The molecule has 1 aliphatic heterocycles. The maximum absolute atomic E-state index is 13.9. The maximum atomic E-state index is 13.9. The third-order valence-electron chi connectivity index (χ3n) is 4.99. The molecular weight excluding hydrogens is 407 g/mol. The van der Waals surface area contributed by atoms with E-state index in [1.807, 2.05) is 6.92 Å². The Balaban J connectivity index is 1.70. The summed E-state index contributed by atoms with van der Waals surface area (Å²) in [7, 11) is 3.44. The average molecular weight is 431 g/mol. The predicted octanol–water partition coefficient (Wildman–Crippen LogP) is 4.14. The largest absolute Gasteiger partial charge is 0.488 e. The van der Waals surface area contributed by atoms with Gasteiger partial charge in [-0.1, -0.05) is 0 Å². The zero-order valence-electron chi connectivity index (χ0n) is 17.1. The van der Waals surface area contributed by atoms with Crippen LogP contribution in [0.1, 0.15) is 28.1 Å². The second-order valence-electron chi connectivity index (χ2n) is 7.35. The summed E-state index contributed by atoms with van der Waals surface area (Å²) >= 11 is 1.33. The van der Waals surface area contributed by atoms with E-state index < -0.39 is 0 Å². The number of nitrogens with one attached hydrogen (secondary N) is 1. The minimum absolute atomic E-state index is 0.0290. The van der Waals surface area contributed by atoms with Gasteiger partial charge >= 0.3 is 0 Å². The van der Waals surface area contributed by atoms with Gasteiger partial charge in [0, 0.05) is 33.0 Å². The number of nitrogens with zero attached hydrogens (tertiary/aromatic N) is 3. The van der Waals surface area contributed by atoms with Crippen LogP contribution in [0.25, 0.3) is 10.2 Å². The number of aromatic nitrogens is 2. The smallest absolute Gasteiger partial charge is 0.263 e. The summed E-state index contributed by atoms with van der Waals surface area (Å²) in [6, 6.07) is 4.38. The monoisotopic (exact) mass is 430 g/mol. The molecule has 0 saturated carbocycles. The molecule has 2 aromatic heterocycles. The summed E-state index contributed by atoms with van der Waals surface area (Å²) in [5.74, 6) is 0.522. The number of anilines is 2. The van der Waals surface area contributed by atoms with E-state index >= 15 is 0 Å². The minimum atomic E-state index is -0.374. The number of benzene rings is 1. The van der Waals surface area contributed by atoms with E-state index in [-0.39, 0.29) is 17.8 Å². The van der Waals surface area contributed by atoms with Crippen molar-refractivity contribution in [2.24, 2.45) is 0 Å². The van der Waals surface area contributed by atoms with E-state index in [4.69, 9.17) is 9.47 Å². The zero-order chi connectivity index (χ0) is 21.3. The van der Waals surface area contributed by atoms with Gasteiger partial charge in [-0.3, -0.25) is 4.79 Å². The Labute approximate surface area is 177 Å². The van der Waals surface area contributed by atoms with Gasteiger partial charge in [-0.2, -0.15) is 0 Å². The van der Waals surface area contributed by atoms with Crippen LogP contribution in [0.4, 0.5) is 15.9 Å². The van der Waals surface area contributed by atoms with Crippen molar-refractivity contribution in [3.8, 4) is 5.75 Å². The SMILES string of the molecule is Cc1c(C(=O)N(C)C)sc2ncnc(Nc3ccc(F)cc3OC3CCOCC3)c12. The molecule has 1 aliphatic rings. The summed E-state index contributed by atoms with van der Waals surface area (Å²) in [4.78, 5) is 24.1. The van der Waals surface area contributed by atoms with Crippen molar-refractivity contribution < 1.29 is 18.7 Å². The zero-order valence-corrected chi connectivity index (χ0v) is 17.9. The van der Waals surface area contributed by atoms with E-state index in [1.54, 1.807) is 20.2 Å². The standard InChI is InChI=1S/C21H23FN4O3S/c1-12-17-19(23-11-24-20(17)30-18(12)21(27)26(2)3)25-15-5-4-13(22)10-16(15)29-14-6-8-28-9-7-14/h4-5,10-11,14H,6-9H2,1-3H3,(H,23,24,25). The Morgan fingerprint density at radius 1 is 1.30 bits per heavy atom. The van der Waals surface area contributed by atoms with E-state index in [2.05, 4.69) is 15.3 Å². The topological polar surface area (TPSA) is 76.6 Å². The normalized spacial score (nSPS) is 14.7. The molecule has 1 aromatic carbocycles. The molecule has 0 radical (unpaired) electrons. The molecular formula is C21H23FN4O3S. The van der Waals surface area contributed by atoms with E-state index in [0.29, 0.717) is 40.2 Å². The fourth-order valence-corrected chi connectivity index (χ4v) is 4.54. The van der Waals surface area contributed by atoms with E-state index in [9.17, 15) is 9.18 Å². The maximum Gasteiger partial charge on any atom is 0.263 e. The molecule has 1 N–H and O–H groups in total. The molecule has 0 bridgehead atoms. The molecule has 1 saturated heterocycles. The number of halogens is 1. The van der Waals surface area contributed by atoms with Crippen LogP contribution in [0, 0.1) is 12.7 Å². The van der Waals surface area contributed by atoms with E-state index in [1.165, 1.54) is 34.7 Å². The van der Waals surface area contributed by atoms with Gasteiger partial charge in [-0.25, -0.2) is 14.4 Å². The van der Waals surface area contributed by atoms with Crippen molar-refractivity contribution in [1.82, 2.24) is 14.9 Å². The highest BCUT2D eigenvalue weighted by Crippen LogP contribution is 2.37. The van der Waals surface area contributed by atoms with Gasteiger partial charge in [0.25, 0.3) is 5.91 Å². The van der Waals surface area contributed by atoms with Crippen LogP contribution >= 0.6 is 11.3 Å². The number of aryl methyl sites for hydroxylation is 1. The molecule has 0 aliphatic carbocycles. The first-order chi connectivity index (χ1) is 14.4. The third kappa shape index (κ3) is 4.08. The van der Waals surface area contributed by atoms with Crippen LogP contribution < -0.4 is 10.1 Å². The lowest BCUT2D eigenvalue weighted by Gasteiger charge is -2.24. The Morgan fingerprint density at radius 2 is 2.07 bits per heavy atom. The molecule has 0 unspecified atom stereocenters. The van der Waals surface area contributed by atoms with Crippen LogP contribution in [0.15, 0.2) is 24.5 Å². The molecule has 1 amide bonds.